The molecule has 4 rings (SSSR count). The van der Waals surface area contributed by atoms with Gasteiger partial charge in [-0.25, -0.2) is 0 Å². The minimum absolute atomic E-state index is 0.289. The fourth-order valence-electron chi connectivity index (χ4n) is 3.08. The molecule has 0 fully saturated rings. The molecule has 5 nitrogen and oxygen atoms in total. The van der Waals surface area contributed by atoms with E-state index in [1.54, 1.807) is 0 Å². The average Bonchev–Trinajstić information content (AvgIpc) is 3.01. The van der Waals surface area contributed by atoms with Crippen LogP contribution < -0.4 is 9.47 Å². The number of carbonyl (C=O) groups excluding carboxylic acids is 1. The molecular weight excluding hydrogens is 364 g/mol. The van der Waals surface area contributed by atoms with E-state index in [-0.39, 0.29) is 6.61 Å². The van der Waals surface area contributed by atoms with Gasteiger partial charge in [0.05, 0.1) is 5.52 Å². The van der Waals surface area contributed by atoms with Crippen LogP contribution in [0.25, 0.3) is 17.0 Å². The first-order valence-corrected chi connectivity index (χ1v) is 9.26. The van der Waals surface area contributed by atoms with Crippen molar-refractivity contribution in [2.24, 2.45) is 0 Å². The van der Waals surface area contributed by atoms with E-state index in [2.05, 4.69) is 12.0 Å². The van der Waals surface area contributed by atoms with Crippen molar-refractivity contribution in [2.45, 2.75) is 26.5 Å². The predicted molar refractivity (Wildman–Crippen MR) is 105 cm³/mol. The Bertz CT molecular complexity index is 1040. The molecule has 0 N–H and O–H groups in total. The molecule has 6 heteroatoms. The molecule has 0 radical (unpaired) electrons. The van der Waals surface area contributed by atoms with E-state index in [0.29, 0.717) is 23.1 Å². The molecule has 0 aliphatic carbocycles. The number of carbonyl (C=O) groups is 1. The highest BCUT2D eigenvalue weighted by Crippen LogP contribution is 2.31. The van der Waals surface area contributed by atoms with Gasteiger partial charge in [-0.1, -0.05) is 24.6 Å². The maximum Gasteiger partial charge on any atom is 0.149 e. The molecule has 0 saturated heterocycles. The van der Waals surface area contributed by atoms with Gasteiger partial charge in [-0.3, -0.25) is 9.48 Å². The Morgan fingerprint density at radius 3 is 3.00 bits per heavy atom. The van der Waals surface area contributed by atoms with Crippen molar-refractivity contribution in [3.05, 3.63) is 58.3 Å². The number of aromatic nitrogens is 2. The summed E-state index contributed by atoms with van der Waals surface area (Å²) >= 11 is 6.44. The molecule has 1 aliphatic heterocycles. The molecule has 1 aliphatic rings. The van der Waals surface area contributed by atoms with Crippen molar-refractivity contribution in [1.82, 2.24) is 9.78 Å². The van der Waals surface area contributed by atoms with Gasteiger partial charge in [0.25, 0.3) is 0 Å². The lowest BCUT2D eigenvalue weighted by molar-refractivity contribution is -0.105. The molecule has 0 amide bonds. The highest BCUT2D eigenvalue weighted by atomic mass is 35.5. The molecule has 3 aromatic rings. The minimum atomic E-state index is 0.289. The van der Waals surface area contributed by atoms with Gasteiger partial charge in [0.1, 0.15) is 36.2 Å². The Balaban J connectivity index is 1.51. The number of nitrogens with zero attached hydrogens (tertiary/aromatic N) is 2. The Morgan fingerprint density at radius 2 is 2.19 bits per heavy atom. The van der Waals surface area contributed by atoms with Crippen LogP contribution in [0.4, 0.5) is 0 Å². The molecule has 0 bridgehead atoms. The lowest BCUT2D eigenvalue weighted by Crippen LogP contribution is -2.08. The van der Waals surface area contributed by atoms with Gasteiger partial charge in [0, 0.05) is 29.1 Å². The first-order valence-electron chi connectivity index (χ1n) is 8.88. The summed E-state index contributed by atoms with van der Waals surface area (Å²) in [5.74, 6) is 1.43. The van der Waals surface area contributed by atoms with Gasteiger partial charge in [-0.05, 0) is 42.3 Å². The highest BCUT2D eigenvalue weighted by Gasteiger charge is 2.13. The summed E-state index contributed by atoms with van der Waals surface area (Å²) in [5.41, 5.74) is 3.41. The zero-order valence-corrected chi connectivity index (χ0v) is 15.7. The topological polar surface area (TPSA) is 53.4 Å². The maximum absolute atomic E-state index is 10.9. The van der Waals surface area contributed by atoms with E-state index in [1.165, 1.54) is 0 Å². The van der Waals surface area contributed by atoms with E-state index in [9.17, 15) is 4.79 Å². The Labute approximate surface area is 162 Å². The normalized spacial score (nSPS) is 13.0. The third kappa shape index (κ3) is 3.55. The number of rotatable bonds is 6. The van der Waals surface area contributed by atoms with E-state index < -0.39 is 0 Å². The number of hydrogen-bond donors (Lipinski definition) is 0. The molecule has 0 unspecified atom stereocenters. The first-order chi connectivity index (χ1) is 13.2. The molecule has 27 heavy (non-hydrogen) atoms. The third-order valence-electron chi connectivity index (χ3n) is 4.45. The summed E-state index contributed by atoms with van der Waals surface area (Å²) in [6, 6.07) is 11.6. The third-order valence-corrected chi connectivity index (χ3v) is 4.85. The molecule has 138 valence electrons. The smallest absolute Gasteiger partial charge is 0.149 e. The fraction of sp³-hybridized carbons (Fsp3) is 0.238. The number of hydrogen-bond acceptors (Lipinski definition) is 4. The van der Waals surface area contributed by atoms with E-state index >= 15 is 0 Å². The summed E-state index contributed by atoms with van der Waals surface area (Å²) in [6.07, 6.45) is 3.63. The van der Waals surface area contributed by atoms with Crippen molar-refractivity contribution in [3.63, 3.8) is 0 Å². The van der Waals surface area contributed by atoms with Gasteiger partial charge < -0.3 is 9.47 Å². The Hall–Kier alpha value is -2.79. The van der Waals surface area contributed by atoms with Crippen LogP contribution in [-0.4, -0.2) is 22.7 Å². The summed E-state index contributed by atoms with van der Waals surface area (Å²) in [7, 11) is 0. The maximum atomic E-state index is 10.9. The number of aldehydes is 1. The van der Waals surface area contributed by atoms with Crippen LogP contribution in [0.5, 0.6) is 11.5 Å². The number of aryl methyl sites for hydroxylation is 1. The van der Waals surface area contributed by atoms with Crippen LogP contribution in [0.2, 0.25) is 5.15 Å². The average molecular weight is 383 g/mol. The molecule has 0 spiro atoms. The summed E-state index contributed by atoms with van der Waals surface area (Å²) in [4.78, 5) is 10.9. The lowest BCUT2D eigenvalue weighted by Gasteiger charge is -2.16. The Morgan fingerprint density at radius 1 is 1.30 bits per heavy atom. The van der Waals surface area contributed by atoms with Crippen molar-refractivity contribution in [2.75, 3.05) is 6.61 Å². The second-order valence-electron chi connectivity index (χ2n) is 6.48. The van der Waals surface area contributed by atoms with Crippen LogP contribution in [0, 0.1) is 0 Å². The highest BCUT2D eigenvalue weighted by molar-refractivity contribution is 6.34. The quantitative estimate of drug-likeness (QED) is 0.582. The van der Waals surface area contributed by atoms with E-state index in [1.807, 2.05) is 47.2 Å². The summed E-state index contributed by atoms with van der Waals surface area (Å²) in [5, 5.41) is 6.12. The van der Waals surface area contributed by atoms with Crippen molar-refractivity contribution in [3.8, 4) is 11.5 Å². The van der Waals surface area contributed by atoms with Crippen LogP contribution >= 0.6 is 11.6 Å². The zero-order valence-electron chi connectivity index (χ0n) is 14.9. The summed E-state index contributed by atoms with van der Waals surface area (Å²) in [6.45, 7) is 3.60. The summed E-state index contributed by atoms with van der Waals surface area (Å²) < 4.78 is 13.4. The molecule has 2 aromatic carbocycles. The molecular formula is C21H19ClN2O3. The fourth-order valence-corrected chi connectivity index (χ4v) is 3.36. The second-order valence-corrected chi connectivity index (χ2v) is 6.84. The minimum Gasteiger partial charge on any atom is -0.489 e. The number of fused-ring (bicyclic) bond motifs is 2. The van der Waals surface area contributed by atoms with E-state index in [4.69, 9.17) is 21.1 Å². The monoisotopic (exact) mass is 382 g/mol. The SMILES string of the molecule is CCCn1nc2ccc(COc3ccc4c(c3)OCC(C=O)=C4)cc2c1Cl. The van der Waals surface area contributed by atoms with Crippen molar-refractivity contribution in [1.29, 1.82) is 0 Å². The molecule has 2 heterocycles. The zero-order chi connectivity index (χ0) is 18.8. The lowest BCUT2D eigenvalue weighted by atomic mass is 10.1. The number of benzene rings is 2. The van der Waals surface area contributed by atoms with Gasteiger partial charge in [-0.15, -0.1) is 0 Å². The second kappa shape index (κ2) is 7.45. The van der Waals surface area contributed by atoms with Crippen LogP contribution in [0.15, 0.2) is 42.0 Å². The van der Waals surface area contributed by atoms with Gasteiger partial charge in [0.15, 0.2) is 0 Å². The van der Waals surface area contributed by atoms with Crippen molar-refractivity contribution < 1.29 is 14.3 Å². The molecule has 0 atom stereocenters. The standard InChI is InChI=1S/C21H19ClN2O3/c1-2-7-24-21(22)18-9-14(3-6-19(18)23-24)12-26-17-5-4-16-8-15(11-25)13-27-20(16)10-17/h3-6,8-11H,2,7,12-13H2,1H3. The van der Waals surface area contributed by atoms with Crippen LogP contribution in [-0.2, 0) is 17.9 Å². The molecule has 1 aromatic heterocycles. The largest absolute Gasteiger partial charge is 0.489 e. The van der Waals surface area contributed by atoms with E-state index in [0.717, 1.165) is 47.0 Å². The van der Waals surface area contributed by atoms with Crippen LogP contribution in [0.3, 0.4) is 0 Å². The van der Waals surface area contributed by atoms with Gasteiger partial charge >= 0.3 is 0 Å². The first kappa shape index (κ1) is 17.6. The van der Waals surface area contributed by atoms with Crippen LogP contribution in [0.1, 0.15) is 24.5 Å². The Kier molecular flexibility index (Phi) is 4.86. The van der Waals surface area contributed by atoms with Gasteiger partial charge in [-0.2, -0.15) is 5.10 Å². The molecule has 0 saturated carbocycles. The van der Waals surface area contributed by atoms with Gasteiger partial charge in [0.2, 0.25) is 0 Å². The van der Waals surface area contributed by atoms with Crippen molar-refractivity contribution >= 4 is 34.9 Å². The number of ether oxygens (including phenoxy) is 2. The number of halogens is 1. The predicted octanol–water partition coefficient (Wildman–Crippen LogP) is 4.65.